The predicted octanol–water partition coefficient (Wildman–Crippen LogP) is 3.29. The second kappa shape index (κ2) is 1.58. The van der Waals surface area contributed by atoms with Gasteiger partial charge in [0.25, 0.3) is 0 Å². The molecule has 2 heteroatoms. The van der Waals surface area contributed by atoms with Crippen LogP contribution in [0.25, 0.3) is 0 Å². The Morgan fingerprint density at radius 2 is 2.11 bits per heavy atom. The van der Waals surface area contributed by atoms with E-state index in [1.807, 2.05) is 0 Å². The molecule has 2 atom stereocenters. The number of rotatable bonds is 0. The number of fused-ring (bicyclic) bond motifs is 1. The molecule has 0 saturated heterocycles. The van der Waals surface area contributed by atoms with Crippen molar-refractivity contribution < 1.29 is 0 Å². The van der Waals surface area contributed by atoms with E-state index in [-0.39, 0.29) is 0 Å². The molecule has 2 saturated carbocycles. The first-order valence-electron chi connectivity index (χ1n) is 3.47. The quantitative estimate of drug-likeness (QED) is 0.582. The van der Waals surface area contributed by atoms with Crippen LogP contribution in [0.2, 0.25) is 0 Å². The van der Waals surface area contributed by atoms with Crippen LogP contribution < -0.4 is 0 Å². The average molecular weight is 254 g/mol. The molecule has 0 radical (unpaired) electrons. The van der Waals surface area contributed by atoms with Gasteiger partial charge >= 0.3 is 0 Å². The van der Waals surface area contributed by atoms with E-state index in [1.165, 1.54) is 19.3 Å². The molecule has 0 aromatic rings. The van der Waals surface area contributed by atoms with Gasteiger partial charge in [0.05, 0.1) is 3.23 Å². The smallest absolute Gasteiger partial charge is 0.0718 e. The van der Waals surface area contributed by atoms with E-state index in [9.17, 15) is 0 Å². The van der Waals surface area contributed by atoms with Crippen LogP contribution in [-0.2, 0) is 0 Å². The summed E-state index contributed by atoms with van der Waals surface area (Å²) in [5.41, 5.74) is 0.590. The lowest BCUT2D eigenvalue weighted by molar-refractivity contribution is 0.546. The summed E-state index contributed by atoms with van der Waals surface area (Å²) < 4.78 is 0.325. The van der Waals surface area contributed by atoms with Gasteiger partial charge in [-0.2, -0.15) is 0 Å². The summed E-state index contributed by atoms with van der Waals surface area (Å²) in [5, 5.41) is 0. The van der Waals surface area contributed by atoms with E-state index in [1.54, 1.807) is 0 Å². The molecular weight excluding hydrogens is 244 g/mol. The fourth-order valence-electron chi connectivity index (χ4n) is 2.19. The van der Waals surface area contributed by atoms with Crippen LogP contribution in [0.5, 0.6) is 0 Å². The molecule has 9 heavy (non-hydrogen) atoms. The molecule has 0 aromatic heterocycles. The third-order valence-electron chi connectivity index (χ3n) is 3.07. The Balaban J connectivity index is 2.26. The van der Waals surface area contributed by atoms with Gasteiger partial charge < -0.3 is 0 Å². The first-order valence-corrected chi connectivity index (χ1v) is 5.05. The van der Waals surface area contributed by atoms with E-state index in [0.717, 1.165) is 5.92 Å². The standard InChI is InChI=1S/C7H10Br2/c1-6-4-2-3-5(6)7(6,8)9/h5H,2-4H2,1H3/t5-,6+/m1/s1. The fraction of sp³-hybridized carbons (Fsp3) is 1.00. The van der Waals surface area contributed by atoms with Gasteiger partial charge in [-0.1, -0.05) is 45.2 Å². The summed E-state index contributed by atoms with van der Waals surface area (Å²) in [7, 11) is 0. The van der Waals surface area contributed by atoms with Gasteiger partial charge in [0, 0.05) is 0 Å². The van der Waals surface area contributed by atoms with Crippen LogP contribution in [0, 0.1) is 11.3 Å². The number of hydrogen-bond acceptors (Lipinski definition) is 0. The van der Waals surface area contributed by atoms with Gasteiger partial charge in [-0.3, -0.25) is 0 Å². The second-order valence-electron chi connectivity index (χ2n) is 3.49. The molecule has 2 fully saturated rings. The molecule has 0 amide bonds. The maximum atomic E-state index is 3.70. The lowest BCUT2D eigenvalue weighted by Crippen LogP contribution is -2.01. The molecule has 0 aliphatic heterocycles. The highest BCUT2D eigenvalue weighted by Gasteiger charge is 2.72. The minimum Gasteiger partial charge on any atom is -0.0718 e. The Kier molecular flexibility index (Phi) is 1.17. The summed E-state index contributed by atoms with van der Waals surface area (Å²) in [4.78, 5) is 0. The normalized spacial score (nSPS) is 53.0. The molecule has 0 unspecified atom stereocenters. The van der Waals surface area contributed by atoms with Crippen molar-refractivity contribution >= 4 is 31.9 Å². The number of hydrogen-bond donors (Lipinski definition) is 0. The van der Waals surface area contributed by atoms with Gasteiger partial charge in [-0.15, -0.1) is 0 Å². The first kappa shape index (κ1) is 6.66. The van der Waals surface area contributed by atoms with Gasteiger partial charge in [-0.25, -0.2) is 0 Å². The minimum absolute atomic E-state index is 0.325. The van der Waals surface area contributed by atoms with Crippen LogP contribution in [0.15, 0.2) is 0 Å². The second-order valence-corrected chi connectivity index (χ2v) is 7.05. The fourth-order valence-corrected chi connectivity index (χ4v) is 4.38. The molecule has 0 aromatic carbocycles. The van der Waals surface area contributed by atoms with Crippen molar-refractivity contribution in [2.45, 2.75) is 29.4 Å². The van der Waals surface area contributed by atoms with Crippen LogP contribution in [0.4, 0.5) is 0 Å². The Bertz CT molecular complexity index is 153. The van der Waals surface area contributed by atoms with Crippen LogP contribution >= 0.6 is 31.9 Å². The largest absolute Gasteiger partial charge is 0.0896 e. The summed E-state index contributed by atoms with van der Waals surface area (Å²) in [6, 6.07) is 0. The monoisotopic (exact) mass is 252 g/mol. The molecule has 0 spiro atoms. The number of alkyl halides is 2. The van der Waals surface area contributed by atoms with E-state index in [4.69, 9.17) is 0 Å². The number of halogens is 2. The van der Waals surface area contributed by atoms with E-state index in [2.05, 4.69) is 38.8 Å². The molecule has 0 N–H and O–H groups in total. The average Bonchev–Trinajstić information content (AvgIpc) is 2.21. The highest BCUT2D eigenvalue weighted by Crippen LogP contribution is 2.77. The van der Waals surface area contributed by atoms with E-state index in [0.29, 0.717) is 8.65 Å². The van der Waals surface area contributed by atoms with Crippen molar-refractivity contribution in [3.63, 3.8) is 0 Å². The van der Waals surface area contributed by atoms with Crippen LogP contribution in [-0.4, -0.2) is 3.23 Å². The Morgan fingerprint density at radius 3 is 2.33 bits per heavy atom. The SMILES string of the molecule is C[C@]12CCC[C@H]1C2(Br)Br. The molecule has 2 rings (SSSR count). The van der Waals surface area contributed by atoms with Gasteiger partial charge in [0.15, 0.2) is 0 Å². The third-order valence-corrected chi connectivity index (χ3v) is 5.99. The topological polar surface area (TPSA) is 0 Å². The van der Waals surface area contributed by atoms with Crippen LogP contribution in [0.3, 0.4) is 0 Å². The molecule has 0 heterocycles. The van der Waals surface area contributed by atoms with Gasteiger partial charge in [0.1, 0.15) is 0 Å². The highest BCUT2D eigenvalue weighted by atomic mass is 79.9. The Labute approximate surface area is 72.7 Å². The molecule has 0 bridgehead atoms. The maximum absolute atomic E-state index is 3.70. The molecule has 2 aliphatic rings. The summed E-state index contributed by atoms with van der Waals surface area (Å²) in [6.45, 7) is 2.37. The molecule has 0 nitrogen and oxygen atoms in total. The maximum Gasteiger partial charge on any atom is 0.0896 e. The highest BCUT2D eigenvalue weighted by molar-refractivity contribution is 9.25. The van der Waals surface area contributed by atoms with Crippen molar-refractivity contribution in [3.05, 3.63) is 0 Å². The summed E-state index contributed by atoms with van der Waals surface area (Å²) >= 11 is 7.40. The lowest BCUT2D eigenvalue weighted by Gasteiger charge is -2.08. The minimum atomic E-state index is 0.325. The Morgan fingerprint density at radius 1 is 1.44 bits per heavy atom. The van der Waals surface area contributed by atoms with Crippen molar-refractivity contribution in [3.8, 4) is 0 Å². The molecule has 52 valence electrons. The van der Waals surface area contributed by atoms with Crippen molar-refractivity contribution in [1.29, 1.82) is 0 Å². The van der Waals surface area contributed by atoms with Gasteiger partial charge in [0.2, 0.25) is 0 Å². The molecule has 2 aliphatic carbocycles. The van der Waals surface area contributed by atoms with E-state index >= 15 is 0 Å². The van der Waals surface area contributed by atoms with Crippen molar-refractivity contribution in [1.82, 2.24) is 0 Å². The van der Waals surface area contributed by atoms with Crippen molar-refractivity contribution in [2.24, 2.45) is 11.3 Å². The first-order chi connectivity index (χ1) is 4.09. The zero-order valence-corrected chi connectivity index (χ0v) is 8.63. The third kappa shape index (κ3) is 0.597. The summed E-state index contributed by atoms with van der Waals surface area (Å²) in [5.74, 6) is 0.907. The van der Waals surface area contributed by atoms with Crippen LogP contribution in [0.1, 0.15) is 26.2 Å². The zero-order chi connectivity index (χ0) is 6.70. The summed E-state index contributed by atoms with van der Waals surface area (Å²) in [6.07, 6.45) is 4.24. The zero-order valence-electron chi connectivity index (χ0n) is 5.45. The Hall–Kier alpha value is 0.960. The van der Waals surface area contributed by atoms with Crippen molar-refractivity contribution in [2.75, 3.05) is 0 Å². The predicted molar refractivity (Wildman–Crippen MR) is 46.0 cm³/mol. The van der Waals surface area contributed by atoms with Gasteiger partial charge in [-0.05, 0) is 24.2 Å². The van der Waals surface area contributed by atoms with E-state index < -0.39 is 0 Å². The molecular formula is C7H10Br2. The lowest BCUT2D eigenvalue weighted by atomic mass is 10.1.